The number of hydrogen-bond donors (Lipinski definition) is 3. The first-order valence-corrected chi connectivity index (χ1v) is 5.87. The Kier molecular flexibility index (Phi) is 3.93. The Balaban J connectivity index is 1.96. The van der Waals surface area contributed by atoms with E-state index in [0.717, 1.165) is 31.5 Å². The third-order valence-electron chi connectivity index (χ3n) is 3.27. The molecular formula is C13H19NO2. The van der Waals surface area contributed by atoms with Gasteiger partial charge in [0.2, 0.25) is 0 Å². The van der Waals surface area contributed by atoms with Gasteiger partial charge in [-0.05, 0) is 30.5 Å². The Morgan fingerprint density at radius 1 is 1.19 bits per heavy atom. The van der Waals surface area contributed by atoms with E-state index in [0.29, 0.717) is 5.92 Å². The minimum atomic E-state index is -0.182. The lowest BCUT2D eigenvalue weighted by molar-refractivity contribution is 0.0791. The quantitative estimate of drug-likeness (QED) is 0.704. The van der Waals surface area contributed by atoms with Crippen LogP contribution >= 0.6 is 0 Å². The number of piperidine rings is 1. The number of aliphatic hydroxyl groups is 2. The van der Waals surface area contributed by atoms with Crippen molar-refractivity contribution in [3.8, 4) is 0 Å². The van der Waals surface area contributed by atoms with E-state index in [4.69, 9.17) is 5.11 Å². The molecule has 1 heterocycles. The second-order valence-corrected chi connectivity index (χ2v) is 4.50. The van der Waals surface area contributed by atoms with E-state index in [1.165, 1.54) is 5.56 Å². The Hall–Kier alpha value is -0.900. The van der Waals surface area contributed by atoms with E-state index >= 15 is 0 Å². The predicted octanol–water partition coefficient (Wildman–Crippen LogP) is 0.692. The Bertz CT molecular complexity index is 323. The number of hydrogen-bond acceptors (Lipinski definition) is 3. The van der Waals surface area contributed by atoms with Crippen molar-refractivity contribution < 1.29 is 10.2 Å². The van der Waals surface area contributed by atoms with E-state index in [1.54, 1.807) is 0 Å². The number of aliphatic hydroxyl groups excluding tert-OH is 2. The molecule has 1 aliphatic heterocycles. The minimum absolute atomic E-state index is 0.0912. The fourth-order valence-corrected chi connectivity index (χ4v) is 2.20. The normalized spacial score (nSPS) is 25.6. The molecule has 1 aromatic carbocycles. The van der Waals surface area contributed by atoms with Crippen LogP contribution in [0, 0.1) is 5.92 Å². The largest absolute Gasteiger partial charge is 0.393 e. The number of benzene rings is 1. The smallest absolute Gasteiger partial charge is 0.0681 e. The molecule has 2 atom stereocenters. The number of nitrogens with one attached hydrogen (secondary N) is 1. The molecule has 0 saturated carbocycles. The van der Waals surface area contributed by atoms with Crippen molar-refractivity contribution in [3.63, 3.8) is 0 Å². The van der Waals surface area contributed by atoms with Crippen molar-refractivity contribution >= 4 is 0 Å². The maximum absolute atomic E-state index is 9.85. The van der Waals surface area contributed by atoms with E-state index in [-0.39, 0.29) is 12.7 Å². The van der Waals surface area contributed by atoms with Crippen LogP contribution in [0.2, 0.25) is 0 Å². The summed E-state index contributed by atoms with van der Waals surface area (Å²) in [6.07, 6.45) is 1.57. The average molecular weight is 221 g/mol. The second-order valence-electron chi connectivity index (χ2n) is 4.50. The van der Waals surface area contributed by atoms with E-state index in [9.17, 15) is 5.11 Å². The fourth-order valence-electron chi connectivity index (χ4n) is 2.20. The lowest BCUT2D eigenvalue weighted by Gasteiger charge is -2.28. The van der Waals surface area contributed by atoms with Crippen LogP contribution in [0.5, 0.6) is 0 Å². The molecular weight excluding hydrogens is 202 g/mol. The van der Waals surface area contributed by atoms with Gasteiger partial charge < -0.3 is 15.5 Å². The molecule has 0 radical (unpaired) electrons. The van der Waals surface area contributed by atoms with Gasteiger partial charge in [0.25, 0.3) is 0 Å². The zero-order valence-corrected chi connectivity index (χ0v) is 9.39. The Morgan fingerprint density at radius 3 is 2.50 bits per heavy atom. The molecule has 2 unspecified atom stereocenters. The van der Waals surface area contributed by atoms with E-state index < -0.39 is 0 Å². The van der Waals surface area contributed by atoms with Crippen LogP contribution in [0.3, 0.4) is 0 Å². The molecule has 3 N–H and O–H groups in total. The van der Waals surface area contributed by atoms with Crippen LogP contribution in [0.25, 0.3) is 0 Å². The standard InChI is InChI=1S/C13H19NO2/c15-9-11-3-1-10(2-4-11)7-12-8-14-6-5-13(12)16/h1-4,12-16H,5-9H2. The van der Waals surface area contributed by atoms with Crippen LogP contribution < -0.4 is 5.32 Å². The van der Waals surface area contributed by atoms with Crippen LogP contribution in [0.4, 0.5) is 0 Å². The van der Waals surface area contributed by atoms with Crippen molar-refractivity contribution in [3.05, 3.63) is 35.4 Å². The first-order chi connectivity index (χ1) is 7.79. The van der Waals surface area contributed by atoms with Gasteiger partial charge in [-0.1, -0.05) is 24.3 Å². The predicted molar refractivity (Wildman–Crippen MR) is 63.1 cm³/mol. The second kappa shape index (κ2) is 5.43. The van der Waals surface area contributed by atoms with E-state index in [2.05, 4.69) is 5.32 Å². The molecule has 0 aliphatic carbocycles. The summed E-state index contributed by atoms with van der Waals surface area (Å²) in [4.78, 5) is 0. The summed E-state index contributed by atoms with van der Waals surface area (Å²) < 4.78 is 0. The summed E-state index contributed by atoms with van der Waals surface area (Å²) in [5.74, 6) is 0.314. The van der Waals surface area contributed by atoms with Gasteiger partial charge in [-0.15, -0.1) is 0 Å². The molecule has 0 spiro atoms. The maximum Gasteiger partial charge on any atom is 0.0681 e. The molecule has 2 rings (SSSR count). The maximum atomic E-state index is 9.85. The highest BCUT2D eigenvalue weighted by atomic mass is 16.3. The minimum Gasteiger partial charge on any atom is -0.393 e. The fraction of sp³-hybridized carbons (Fsp3) is 0.538. The van der Waals surface area contributed by atoms with Crippen molar-refractivity contribution in [2.75, 3.05) is 13.1 Å². The van der Waals surface area contributed by atoms with Crippen LogP contribution in [0.1, 0.15) is 17.5 Å². The summed E-state index contributed by atoms with van der Waals surface area (Å²) in [6.45, 7) is 1.90. The van der Waals surface area contributed by atoms with Crippen molar-refractivity contribution in [2.45, 2.75) is 25.6 Å². The van der Waals surface area contributed by atoms with Gasteiger partial charge in [0, 0.05) is 12.5 Å². The van der Waals surface area contributed by atoms with Gasteiger partial charge in [0.05, 0.1) is 12.7 Å². The zero-order valence-electron chi connectivity index (χ0n) is 9.39. The van der Waals surface area contributed by atoms with Crippen LogP contribution in [-0.2, 0) is 13.0 Å². The Morgan fingerprint density at radius 2 is 1.88 bits per heavy atom. The first kappa shape index (κ1) is 11.6. The monoisotopic (exact) mass is 221 g/mol. The summed E-state index contributed by atoms with van der Waals surface area (Å²) >= 11 is 0. The highest BCUT2D eigenvalue weighted by molar-refractivity contribution is 5.22. The molecule has 88 valence electrons. The third kappa shape index (κ3) is 2.82. The number of rotatable bonds is 3. The molecule has 0 amide bonds. The molecule has 1 aromatic rings. The van der Waals surface area contributed by atoms with Crippen molar-refractivity contribution in [1.82, 2.24) is 5.32 Å². The third-order valence-corrected chi connectivity index (χ3v) is 3.27. The lowest BCUT2D eigenvalue weighted by Crippen LogP contribution is -2.40. The first-order valence-electron chi connectivity index (χ1n) is 5.87. The molecule has 1 fully saturated rings. The average Bonchev–Trinajstić information content (AvgIpc) is 2.33. The molecule has 1 saturated heterocycles. The van der Waals surface area contributed by atoms with E-state index in [1.807, 2.05) is 24.3 Å². The highest BCUT2D eigenvalue weighted by Crippen LogP contribution is 2.17. The Labute approximate surface area is 96.1 Å². The van der Waals surface area contributed by atoms with Gasteiger partial charge in [0.15, 0.2) is 0 Å². The highest BCUT2D eigenvalue weighted by Gasteiger charge is 2.22. The zero-order chi connectivity index (χ0) is 11.4. The molecule has 3 heteroatoms. The summed E-state index contributed by atoms with van der Waals surface area (Å²) in [6, 6.07) is 7.95. The molecule has 1 aliphatic rings. The molecule has 0 aromatic heterocycles. The molecule has 0 bridgehead atoms. The van der Waals surface area contributed by atoms with Crippen molar-refractivity contribution in [1.29, 1.82) is 0 Å². The van der Waals surface area contributed by atoms with Gasteiger partial charge in [-0.3, -0.25) is 0 Å². The molecule has 3 nitrogen and oxygen atoms in total. The summed E-state index contributed by atoms with van der Waals surface area (Å²) in [7, 11) is 0. The van der Waals surface area contributed by atoms with Gasteiger partial charge in [0.1, 0.15) is 0 Å². The lowest BCUT2D eigenvalue weighted by atomic mass is 9.89. The van der Waals surface area contributed by atoms with Crippen LogP contribution in [0.15, 0.2) is 24.3 Å². The van der Waals surface area contributed by atoms with Gasteiger partial charge in [-0.25, -0.2) is 0 Å². The van der Waals surface area contributed by atoms with Crippen LogP contribution in [-0.4, -0.2) is 29.4 Å². The SMILES string of the molecule is OCc1ccc(CC2CNCCC2O)cc1. The topological polar surface area (TPSA) is 52.5 Å². The van der Waals surface area contributed by atoms with Gasteiger partial charge in [-0.2, -0.15) is 0 Å². The summed E-state index contributed by atoms with van der Waals surface area (Å²) in [5.41, 5.74) is 2.16. The van der Waals surface area contributed by atoms with Gasteiger partial charge >= 0.3 is 0 Å². The molecule has 16 heavy (non-hydrogen) atoms. The van der Waals surface area contributed by atoms with Crippen molar-refractivity contribution in [2.24, 2.45) is 5.92 Å². The summed E-state index contributed by atoms with van der Waals surface area (Å²) in [5, 5.41) is 22.1.